The molecule has 0 saturated carbocycles. The Balaban J connectivity index is 2.55. The SMILES string of the molecule is CCCCN(C)S(=O)(=O)N(C)C1CNC1. The van der Waals surface area contributed by atoms with Crippen LogP contribution in [0.25, 0.3) is 0 Å². The predicted molar refractivity (Wildman–Crippen MR) is 60.9 cm³/mol. The van der Waals surface area contributed by atoms with E-state index in [0.29, 0.717) is 6.54 Å². The fourth-order valence-electron chi connectivity index (χ4n) is 1.43. The van der Waals surface area contributed by atoms with Crippen molar-refractivity contribution in [2.75, 3.05) is 33.7 Å². The van der Waals surface area contributed by atoms with Crippen molar-refractivity contribution >= 4 is 10.2 Å². The van der Waals surface area contributed by atoms with Crippen molar-refractivity contribution in [3.05, 3.63) is 0 Å². The third-order valence-electron chi connectivity index (χ3n) is 2.86. The lowest BCUT2D eigenvalue weighted by Crippen LogP contribution is -2.59. The maximum atomic E-state index is 12.0. The van der Waals surface area contributed by atoms with E-state index in [4.69, 9.17) is 0 Å². The average molecular weight is 235 g/mol. The van der Waals surface area contributed by atoms with Gasteiger partial charge in [0.25, 0.3) is 10.2 Å². The highest BCUT2D eigenvalue weighted by Gasteiger charge is 2.32. The van der Waals surface area contributed by atoms with Crippen LogP contribution < -0.4 is 5.32 Å². The lowest BCUT2D eigenvalue weighted by atomic mass is 10.2. The van der Waals surface area contributed by atoms with Gasteiger partial charge in [-0.1, -0.05) is 13.3 Å². The first-order chi connectivity index (χ1) is 7.00. The molecule has 1 rings (SSSR count). The zero-order chi connectivity index (χ0) is 11.5. The molecule has 0 aromatic rings. The van der Waals surface area contributed by atoms with Crippen molar-refractivity contribution in [2.45, 2.75) is 25.8 Å². The molecule has 0 aliphatic carbocycles. The molecule has 1 aliphatic heterocycles. The maximum Gasteiger partial charge on any atom is 0.281 e. The Bertz CT molecular complexity index is 288. The summed E-state index contributed by atoms with van der Waals surface area (Å²) < 4.78 is 26.9. The van der Waals surface area contributed by atoms with E-state index in [0.717, 1.165) is 25.9 Å². The highest BCUT2D eigenvalue weighted by atomic mass is 32.2. The number of rotatable bonds is 6. The van der Waals surface area contributed by atoms with Gasteiger partial charge in [0.1, 0.15) is 0 Å². The summed E-state index contributed by atoms with van der Waals surface area (Å²) in [6.07, 6.45) is 1.92. The van der Waals surface area contributed by atoms with E-state index in [1.807, 2.05) is 0 Å². The highest BCUT2D eigenvalue weighted by molar-refractivity contribution is 7.86. The van der Waals surface area contributed by atoms with Gasteiger partial charge >= 0.3 is 0 Å². The van der Waals surface area contributed by atoms with Crippen LogP contribution in [-0.2, 0) is 10.2 Å². The Labute approximate surface area is 92.6 Å². The number of nitrogens with one attached hydrogen (secondary N) is 1. The summed E-state index contributed by atoms with van der Waals surface area (Å²) in [4.78, 5) is 0. The number of hydrogen-bond acceptors (Lipinski definition) is 3. The van der Waals surface area contributed by atoms with E-state index >= 15 is 0 Å². The molecule has 0 bridgehead atoms. The molecule has 90 valence electrons. The molecule has 0 amide bonds. The molecule has 5 nitrogen and oxygen atoms in total. The van der Waals surface area contributed by atoms with Gasteiger partial charge in [-0.2, -0.15) is 17.0 Å². The van der Waals surface area contributed by atoms with E-state index in [1.54, 1.807) is 14.1 Å². The fraction of sp³-hybridized carbons (Fsp3) is 1.00. The van der Waals surface area contributed by atoms with Crippen molar-refractivity contribution in [3.63, 3.8) is 0 Å². The molecule has 1 fully saturated rings. The van der Waals surface area contributed by atoms with Crippen LogP contribution >= 0.6 is 0 Å². The van der Waals surface area contributed by atoms with E-state index in [1.165, 1.54) is 8.61 Å². The van der Waals surface area contributed by atoms with Crippen LogP contribution in [-0.4, -0.2) is 56.8 Å². The average Bonchev–Trinajstić information content (AvgIpc) is 2.11. The smallest absolute Gasteiger partial charge is 0.281 e. The Morgan fingerprint density at radius 2 is 1.93 bits per heavy atom. The van der Waals surface area contributed by atoms with Gasteiger partial charge in [0.05, 0.1) is 6.04 Å². The largest absolute Gasteiger partial charge is 0.313 e. The molecule has 1 saturated heterocycles. The van der Waals surface area contributed by atoms with Crippen molar-refractivity contribution in [3.8, 4) is 0 Å². The second-order valence-corrected chi connectivity index (χ2v) is 6.11. The molecule has 0 aromatic carbocycles. The summed E-state index contributed by atoms with van der Waals surface area (Å²) in [7, 11) is 0.0578. The first-order valence-electron chi connectivity index (χ1n) is 5.40. The number of hydrogen-bond donors (Lipinski definition) is 1. The number of unbranched alkanes of at least 4 members (excludes halogenated alkanes) is 1. The van der Waals surface area contributed by atoms with Crippen LogP contribution in [0, 0.1) is 0 Å². The molecule has 0 aromatic heterocycles. The Hall–Kier alpha value is -0.170. The Kier molecular flexibility index (Phi) is 4.51. The maximum absolute atomic E-state index is 12.0. The molecule has 6 heteroatoms. The van der Waals surface area contributed by atoms with Gasteiger partial charge in [0, 0.05) is 33.7 Å². The van der Waals surface area contributed by atoms with Gasteiger partial charge in [0.2, 0.25) is 0 Å². The molecule has 0 spiro atoms. The fourth-order valence-corrected chi connectivity index (χ4v) is 2.76. The second kappa shape index (κ2) is 5.25. The van der Waals surface area contributed by atoms with E-state index in [-0.39, 0.29) is 6.04 Å². The van der Waals surface area contributed by atoms with Crippen LogP contribution in [0.1, 0.15) is 19.8 Å². The molecule has 0 atom stereocenters. The van der Waals surface area contributed by atoms with Crippen LogP contribution in [0.5, 0.6) is 0 Å². The van der Waals surface area contributed by atoms with Gasteiger partial charge in [-0.25, -0.2) is 0 Å². The Morgan fingerprint density at radius 3 is 2.33 bits per heavy atom. The Morgan fingerprint density at radius 1 is 1.33 bits per heavy atom. The van der Waals surface area contributed by atoms with E-state index < -0.39 is 10.2 Å². The van der Waals surface area contributed by atoms with Gasteiger partial charge in [-0.05, 0) is 6.42 Å². The summed E-state index contributed by atoms with van der Waals surface area (Å²) in [5, 5.41) is 3.07. The second-order valence-electron chi connectivity index (χ2n) is 4.01. The normalized spacial score (nSPS) is 18.5. The standard InChI is InChI=1S/C9H21N3O2S/c1-4-5-6-11(2)15(13,14)12(3)9-7-10-8-9/h9-10H,4-8H2,1-3H3. The molecule has 1 N–H and O–H groups in total. The summed E-state index contributed by atoms with van der Waals surface area (Å²) in [5.74, 6) is 0. The first kappa shape index (κ1) is 12.9. The summed E-state index contributed by atoms with van der Waals surface area (Å²) in [6.45, 7) is 4.18. The minimum absolute atomic E-state index is 0.124. The molecule has 1 aliphatic rings. The van der Waals surface area contributed by atoms with E-state index in [9.17, 15) is 8.42 Å². The van der Waals surface area contributed by atoms with Gasteiger partial charge in [-0.3, -0.25) is 0 Å². The first-order valence-corrected chi connectivity index (χ1v) is 6.80. The molecular formula is C9H21N3O2S. The van der Waals surface area contributed by atoms with Crippen molar-refractivity contribution < 1.29 is 8.42 Å². The lowest BCUT2D eigenvalue weighted by Gasteiger charge is -2.36. The molecule has 0 radical (unpaired) electrons. The lowest BCUT2D eigenvalue weighted by molar-refractivity contribution is 0.257. The molecule has 15 heavy (non-hydrogen) atoms. The van der Waals surface area contributed by atoms with Crippen LogP contribution in [0.4, 0.5) is 0 Å². The molecule has 0 unspecified atom stereocenters. The number of likely N-dealkylation sites (N-methyl/N-ethyl adjacent to an activating group) is 1. The summed E-state index contributed by atoms with van der Waals surface area (Å²) >= 11 is 0. The predicted octanol–water partition coefficient (Wildman–Crippen LogP) is -0.133. The summed E-state index contributed by atoms with van der Waals surface area (Å²) in [6, 6.07) is 0.124. The minimum Gasteiger partial charge on any atom is -0.313 e. The topological polar surface area (TPSA) is 52.7 Å². The van der Waals surface area contributed by atoms with Crippen LogP contribution in [0.15, 0.2) is 0 Å². The number of nitrogens with zero attached hydrogens (tertiary/aromatic N) is 2. The van der Waals surface area contributed by atoms with Gasteiger partial charge in [-0.15, -0.1) is 0 Å². The summed E-state index contributed by atoms with van der Waals surface area (Å²) in [5.41, 5.74) is 0. The highest BCUT2D eigenvalue weighted by Crippen LogP contribution is 2.12. The van der Waals surface area contributed by atoms with Gasteiger partial charge < -0.3 is 5.32 Å². The zero-order valence-electron chi connectivity index (χ0n) is 9.73. The van der Waals surface area contributed by atoms with Crippen molar-refractivity contribution in [1.29, 1.82) is 0 Å². The monoisotopic (exact) mass is 235 g/mol. The molecule has 1 heterocycles. The molecular weight excluding hydrogens is 214 g/mol. The third kappa shape index (κ3) is 2.90. The third-order valence-corrected chi connectivity index (χ3v) is 4.85. The van der Waals surface area contributed by atoms with Crippen molar-refractivity contribution in [1.82, 2.24) is 13.9 Å². The van der Waals surface area contributed by atoms with E-state index in [2.05, 4.69) is 12.2 Å². The van der Waals surface area contributed by atoms with Crippen LogP contribution in [0.3, 0.4) is 0 Å². The van der Waals surface area contributed by atoms with Crippen molar-refractivity contribution in [2.24, 2.45) is 0 Å². The minimum atomic E-state index is -3.24. The van der Waals surface area contributed by atoms with Crippen LogP contribution in [0.2, 0.25) is 0 Å². The zero-order valence-corrected chi connectivity index (χ0v) is 10.5. The van der Waals surface area contributed by atoms with Gasteiger partial charge in [0.15, 0.2) is 0 Å². The quantitative estimate of drug-likeness (QED) is 0.697.